The number of para-hydroxylation sites is 1. The fraction of sp³-hybridized carbons (Fsp3) is 0.304. The minimum atomic E-state index is -2.15. The van der Waals surface area contributed by atoms with Crippen LogP contribution >= 0.6 is 0 Å². The number of benzene rings is 1. The number of furan rings is 1. The van der Waals surface area contributed by atoms with Crippen LogP contribution in [0.5, 0.6) is 0 Å². The van der Waals surface area contributed by atoms with Gasteiger partial charge in [0.05, 0.1) is 0 Å². The summed E-state index contributed by atoms with van der Waals surface area (Å²) >= 11 is -2.15. The maximum atomic E-state index is 8.70. The van der Waals surface area contributed by atoms with Crippen LogP contribution in [0.4, 0.5) is 0 Å². The van der Waals surface area contributed by atoms with Gasteiger partial charge in [0, 0.05) is 0 Å². The molecule has 0 atom stereocenters. The predicted molar refractivity (Wildman–Crippen MR) is 117 cm³/mol. The molecule has 1 aromatic carbocycles. The molecule has 0 amide bonds. The van der Waals surface area contributed by atoms with Crippen LogP contribution in [0.25, 0.3) is 33.3 Å². The summed E-state index contributed by atoms with van der Waals surface area (Å²) in [7, 11) is 0. The standard InChI is InChI=1S/C23H26GeN2O/c1-14(2)19-12-21(25-13-20(19)24(4,5)6)18-9-7-8-16-17-11-10-15(3)26-23(17)27-22(16)18/h7-14H,1-6H3/i14D. The van der Waals surface area contributed by atoms with Crippen molar-refractivity contribution in [1.82, 2.24) is 9.97 Å². The molecule has 0 aliphatic heterocycles. The Kier molecular flexibility index (Phi) is 4.08. The molecule has 0 fully saturated rings. The van der Waals surface area contributed by atoms with E-state index in [4.69, 9.17) is 10.8 Å². The van der Waals surface area contributed by atoms with Crippen molar-refractivity contribution in [2.24, 2.45) is 0 Å². The summed E-state index contributed by atoms with van der Waals surface area (Å²) < 4.78 is 16.1. The Labute approximate surface area is 164 Å². The topological polar surface area (TPSA) is 38.9 Å². The summed E-state index contributed by atoms with van der Waals surface area (Å²) in [6.45, 7) is 5.88. The third-order valence-corrected chi connectivity index (χ3v) is 9.26. The Balaban J connectivity index is 1.99. The van der Waals surface area contributed by atoms with Crippen LogP contribution in [-0.4, -0.2) is 23.2 Å². The van der Waals surface area contributed by atoms with Gasteiger partial charge in [0.2, 0.25) is 0 Å². The van der Waals surface area contributed by atoms with Crippen LogP contribution in [0.1, 0.15) is 32.4 Å². The molecule has 3 heterocycles. The number of hydrogen-bond donors (Lipinski definition) is 0. The van der Waals surface area contributed by atoms with Gasteiger partial charge >= 0.3 is 165 Å². The fourth-order valence-corrected chi connectivity index (χ4v) is 6.91. The van der Waals surface area contributed by atoms with Gasteiger partial charge in [-0.2, -0.15) is 0 Å². The molecule has 27 heavy (non-hydrogen) atoms. The van der Waals surface area contributed by atoms with Crippen LogP contribution in [0.2, 0.25) is 17.3 Å². The summed E-state index contributed by atoms with van der Waals surface area (Å²) in [6.07, 6.45) is 2.00. The van der Waals surface area contributed by atoms with Gasteiger partial charge in [-0.15, -0.1) is 0 Å². The van der Waals surface area contributed by atoms with Crippen molar-refractivity contribution >= 4 is 39.7 Å². The molecule has 0 saturated heterocycles. The Morgan fingerprint density at radius 3 is 2.56 bits per heavy atom. The quantitative estimate of drug-likeness (QED) is 0.381. The molecule has 138 valence electrons. The third kappa shape index (κ3) is 3.18. The van der Waals surface area contributed by atoms with Crippen LogP contribution in [0.15, 0.2) is 47.0 Å². The molecule has 0 aliphatic carbocycles. The van der Waals surface area contributed by atoms with E-state index in [-0.39, 0.29) is 0 Å². The average Bonchev–Trinajstić information content (AvgIpc) is 2.97. The van der Waals surface area contributed by atoms with Gasteiger partial charge < -0.3 is 0 Å². The van der Waals surface area contributed by atoms with Crippen LogP contribution in [-0.2, 0) is 0 Å². The molecule has 4 heteroatoms. The van der Waals surface area contributed by atoms with E-state index < -0.39 is 19.2 Å². The molecule has 0 unspecified atom stereocenters. The van der Waals surface area contributed by atoms with Crippen LogP contribution < -0.4 is 4.40 Å². The normalized spacial score (nSPS) is 13.3. The summed E-state index contributed by atoms with van der Waals surface area (Å²) in [5.74, 6) is 6.37. The van der Waals surface area contributed by atoms with E-state index in [1.165, 1.54) is 4.40 Å². The third-order valence-electron chi connectivity index (χ3n) is 5.03. The first-order valence-corrected chi connectivity index (χ1v) is 16.7. The molecule has 4 aromatic rings. The van der Waals surface area contributed by atoms with Crippen molar-refractivity contribution < 1.29 is 5.79 Å². The van der Waals surface area contributed by atoms with Crippen molar-refractivity contribution in [3.05, 3.63) is 53.9 Å². The SMILES string of the molecule is [2H]C(C)(C)c1cc(-c2cccc3c2oc2nc(C)ccc23)nc[c]1[Ge]([CH3])([CH3])[CH3]. The molecule has 0 aliphatic rings. The van der Waals surface area contributed by atoms with Crippen molar-refractivity contribution in [1.29, 1.82) is 0 Å². The molecule has 4 rings (SSSR count). The summed E-state index contributed by atoms with van der Waals surface area (Å²) in [5, 5.41) is 2.07. The van der Waals surface area contributed by atoms with E-state index in [2.05, 4.69) is 40.5 Å². The summed E-state index contributed by atoms with van der Waals surface area (Å²) in [4.78, 5) is 9.35. The van der Waals surface area contributed by atoms with Crippen molar-refractivity contribution in [2.75, 3.05) is 0 Å². The average molecular weight is 420 g/mol. The van der Waals surface area contributed by atoms with E-state index in [1.807, 2.05) is 45.2 Å². The number of hydrogen-bond acceptors (Lipinski definition) is 3. The summed E-state index contributed by atoms with van der Waals surface area (Å²) in [5.41, 5.74) is 5.28. The van der Waals surface area contributed by atoms with E-state index in [1.54, 1.807) is 0 Å². The first-order valence-electron chi connectivity index (χ1n) is 9.86. The molecular weight excluding hydrogens is 393 g/mol. The van der Waals surface area contributed by atoms with Crippen molar-refractivity contribution in [3.63, 3.8) is 0 Å². The number of pyridine rings is 2. The fourth-order valence-electron chi connectivity index (χ4n) is 3.59. The molecule has 0 spiro atoms. The van der Waals surface area contributed by atoms with Gasteiger partial charge in [-0.3, -0.25) is 0 Å². The maximum absolute atomic E-state index is 8.70. The Bertz CT molecular complexity index is 1200. The number of aromatic nitrogens is 2. The Hall–Kier alpha value is -2.14. The zero-order valence-electron chi connectivity index (χ0n) is 17.8. The molecular formula is C23H26GeN2O. The molecule has 3 nitrogen and oxygen atoms in total. The second-order valence-electron chi connectivity index (χ2n) is 8.45. The molecule has 0 N–H and O–H groups in total. The van der Waals surface area contributed by atoms with Gasteiger partial charge in [-0.25, -0.2) is 0 Å². The van der Waals surface area contributed by atoms with Crippen molar-refractivity contribution in [3.8, 4) is 11.3 Å². The monoisotopic (exact) mass is 421 g/mol. The molecule has 0 saturated carbocycles. The van der Waals surface area contributed by atoms with E-state index in [0.29, 0.717) is 5.71 Å². The van der Waals surface area contributed by atoms with Gasteiger partial charge in [0.1, 0.15) is 0 Å². The second kappa shape index (κ2) is 6.48. The van der Waals surface area contributed by atoms with Gasteiger partial charge in [-0.05, 0) is 0 Å². The van der Waals surface area contributed by atoms with Crippen molar-refractivity contribution in [2.45, 2.75) is 43.9 Å². The Morgan fingerprint density at radius 2 is 1.85 bits per heavy atom. The molecule has 0 bridgehead atoms. The number of nitrogens with zero attached hydrogens (tertiary/aromatic N) is 2. The first kappa shape index (κ1) is 17.0. The number of aryl methyl sites for hydroxylation is 1. The van der Waals surface area contributed by atoms with E-state index in [9.17, 15) is 0 Å². The molecule has 3 aromatic heterocycles. The van der Waals surface area contributed by atoms with E-state index >= 15 is 0 Å². The number of fused-ring (bicyclic) bond motifs is 3. The van der Waals surface area contributed by atoms with Gasteiger partial charge in [0.15, 0.2) is 0 Å². The number of rotatable bonds is 3. The summed E-state index contributed by atoms with van der Waals surface area (Å²) in [6, 6.07) is 12.3. The Morgan fingerprint density at radius 1 is 1.07 bits per heavy atom. The predicted octanol–water partition coefficient (Wildman–Crippen LogP) is 6.02. The van der Waals surface area contributed by atoms with Crippen LogP contribution in [0, 0.1) is 6.92 Å². The van der Waals surface area contributed by atoms with Crippen LogP contribution in [0.3, 0.4) is 0 Å². The molecule has 0 radical (unpaired) electrons. The zero-order chi connectivity index (χ0) is 20.3. The van der Waals surface area contributed by atoms with Gasteiger partial charge in [0.25, 0.3) is 0 Å². The minimum absolute atomic E-state index is 0.657. The van der Waals surface area contributed by atoms with Gasteiger partial charge in [-0.1, -0.05) is 0 Å². The van der Waals surface area contributed by atoms with E-state index in [0.717, 1.165) is 38.9 Å². The first-order chi connectivity index (χ1) is 13.1. The zero-order valence-corrected chi connectivity index (χ0v) is 18.9. The second-order valence-corrected chi connectivity index (χ2v) is 19.0.